The molecule has 0 radical (unpaired) electrons. The lowest BCUT2D eigenvalue weighted by Gasteiger charge is -2.19. The Labute approximate surface area is 178 Å². The molecule has 0 unspecified atom stereocenters. The molecule has 1 heterocycles. The van der Waals surface area contributed by atoms with Gasteiger partial charge in [-0.2, -0.15) is 13.2 Å². The van der Waals surface area contributed by atoms with Gasteiger partial charge in [-0.05, 0) is 42.5 Å². The summed E-state index contributed by atoms with van der Waals surface area (Å²) < 4.78 is 52.2. The molecule has 160 valence electrons. The summed E-state index contributed by atoms with van der Waals surface area (Å²) in [4.78, 5) is 29.4. The Morgan fingerprint density at radius 3 is 2.55 bits per heavy atom. The van der Waals surface area contributed by atoms with Gasteiger partial charge in [0.15, 0.2) is 5.13 Å². The van der Waals surface area contributed by atoms with Gasteiger partial charge in [-0.3, -0.25) is 14.5 Å². The fourth-order valence-electron chi connectivity index (χ4n) is 2.61. The van der Waals surface area contributed by atoms with Crippen LogP contribution in [0.3, 0.4) is 0 Å². The summed E-state index contributed by atoms with van der Waals surface area (Å²) in [5.41, 5.74) is -0.258. The smallest absolute Gasteiger partial charge is 0.322 e. The average Bonchev–Trinajstić information content (AvgIpc) is 3.14. The molecule has 31 heavy (non-hydrogen) atoms. The molecule has 0 fully saturated rings. The highest BCUT2D eigenvalue weighted by molar-refractivity contribution is 7.14. The Kier molecular flexibility index (Phi) is 6.50. The van der Waals surface area contributed by atoms with Gasteiger partial charge in [0.05, 0.1) is 16.9 Å². The molecular weight excluding hydrogens is 434 g/mol. The lowest BCUT2D eigenvalue weighted by Crippen LogP contribution is -2.23. The van der Waals surface area contributed by atoms with Crippen molar-refractivity contribution in [3.63, 3.8) is 0 Å². The van der Waals surface area contributed by atoms with E-state index >= 15 is 0 Å². The first-order valence-corrected chi connectivity index (χ1v) is 9.69. The maximum absolute atomic E-state index is 13.2. The Morgan fingerprint density at radius 2 is 1.87 bits per heavy atom. The second kappa shape index (κ2) is 9.09. The fraction of sp³-hybridized carbons (Fsp3) is 0.0952. The van der Waals surface area contributed by atoms with Crippen molar-refractivity contribution in [1.82, 2.24) is 4.98 Å². The third kappa shape index (κ3) is 5.76. The van der Waals surface area contributed by atoms with Gasteiger partial charge in [0.25, 0.3) is 0 Å². The van der Waals surface area contributed by atoms with Crippen LogP contribution in [0.4, 0.5) is 34.1 Å². The van der Waals surface area contributed by atoms with Crippen molar-refractivity contribution < 1.29 is 27.2 Å². The summed E-state index contributed by atoms with van der Waals surface area (Å²) >= 11 is 1.03. The number of aromatic nitrogens is 1. The number of hydrogen-bond acceptors (Lipinski definition) is 4. The van der Waals surface area contributed by atoms with E-state index in [9.17, 15) is 27.2 Å². The van der Waals surface area contributed by atoms with Gasteiger partial charge in [0, 0.05) is 24.1 Å². The van der Waals surface area contributed by atoms with Crippen LogP contribution in [0.15, 0.2) is 60.0 Å². The quantitative estimate of drug-likeness (QED) is 0.405. The molecule has 5 nitrogen and oxygen atoms in total. The van der Waals surface area contributed by atoms with Gasteiger partial charge in [-0.15, -0.1) is 11.3 Å². The Bertz CT molecular complexity index is 1140. The summed E-state index contributed by atoms with van der Waals surface area (Å²) in [5.74, 6) is -1.54. The SMILES string of the molecule is CC(=O)N(c1cccc(C(F)(F)F)c1)c1nc(C=CC(=O)Nc2cccc(F)c2)cs1. The normalized spacial score (nSPS) is 11.5. The minimum absolute atomic E-state index is 0.0241. The van der Waals surface area contributed by atoms with E-state index in [4.69, 9.17) is 0 Å². The number of halogens is 4. The molecule has 0 bridgehead atoms. The summed E-state index contributed by atoms with van der Waals surface area (Å²) in [6.45, 7) is 1.21. The van der Waals surface area contributed by atoms with Crippen LogP contribution in [0.2, 0.25) is 0 Å². The van der Waals surface area contributed by atoms with Crippen LogP contribution in [0, 0.1) is 5.82 Å². The number of rotatable bonds is 5. The van der Waals surface area contributed by atoms with E-state index in [1.165, 1.54) is 49.4 Å². The molecular formula is C21H15F4N3O2S. The number of benzene rings is 2. The lowest BCUT2D eigenvalue weighted by molar-refractivity contribution is -0.137. The van der Waals surface area contributed by atoms with Crippen LogP contribution < -0.4 is 10.2 Å². The first-order chi connectivity index (χ1) is 14.6. The van der Waals surface area contributed by atoms with Gasteiger partial charge in [0.1, 0.15) is 5.82 Å². The maximum Gasteiger partial charge on any atom is 0.416 e. The fourth-order valence-corrected chi connectivity index (χ4v) is 3.47. The number of anilines is 3. The van der Waals surface area contributed by atoms with Gasteiger partial charge in [-0.25, -0.2) is 9.37 Å². The largest absolute Gasteiger partial charge is 0.416 e. The van der Waals surface area contributed by atoms with Crippen LogP contribution in [0.5, 0.6) is 0 Å². The van der Waals surface area contributed by atoms with Crippen molar-refractivity contribution in [2.24, 2.45) is 0 Å². The molecule has 0 saturated heterocycles. The highest BCUT2D eigenvalue weighted by Crippen LogP contribution is 2.35. The Morgan fingerprint density at radius 1 is 1.13 bits per heavy atom. The van der Waals surface area contributed by atoms with Gasteiger partial charge >= 0.3 is 6.18 Å². The van der Waals surface area contributed by atoms with Crippen LogP contribution in [-0.4, -0.2) is 16.8 Å². The molecule has 3 aromatic rings. The van der Waals surface area contributed by atoms with Gasteiger partial charge in [0.2, 0.25) is 11.8 Å². The van der Waals surface area contributed by atoms with Crippen LogP contribution >= 0.6 is 11.3 Å². The molecule has 0 spiro atoms. The van der Waals surface area contributed by atoms with Crippen molar-refractivity contribution in [3.8, 4) is 0 Å². The Balaban J connectivity index is 1.78. The van der Waals surface area contributed by atoms with Crippen LogP contribution in [-0.2, 0) is 15.8 Å². The second-order valence-electron chi connectivity index (χ2n) is 6.29. The lowest BCUT2D eigenvalue weighted by atomic mass is 10.2. The van der Waals surface area contributed by atoms with E-state index in [0.29, 0.717) is 5.69 Å². The zero-order chi connectivity index (χ0) is 22.6. The molecule has 0 aliphatic heterocycles. The van der Waals surface area contributed by atoms with Gasteiger partial charge in [-0.1, -0.05) is 12.1 Å². The zero-order valence-corrected chi connectivity index (χ0v) is 16.8. The highest BCUT2D eigenvalue weighted by Gasteiger charge is 2.31. The minimum atomic E-state index is -4.55. The molecule has 2 aromatic carbocycles. The maximum atomic E-state index is 13.2. The Hall–Kier alpha value is -3.53. The standard InChI is InChI=1S/C21H15F4N3O2S/c1-13(29)28(18-7-2-4-14(10-18)21(23,24)25)20-27-17(12-31-20)8-9-19(30)26-16-6-3-5-15(22)11-16/h2-12H,1H3,(H,26,30). The van der Waals surface area contributed by atoms with E-state index in [1.54, 1.807) is 5.38 Å². The van der Waals surface area contributed by atoms with Crippen molar-refractivity contribution >= 4 is 45.7 Å². The summed E-state index contributed by atoms with van der Waals surface area (Å²) in [6, 6.07) is 9.74. The second-order valence-corrected chi connectivity index (χ2v) is 7.13. The number of amides is 2. The molecule has 1 N–H and O–H groups in total. The van der Waals surface area contributed by atoms with Crippen molar-refractivity contribution in [3.05, 3.63) is 77.1 Å². The molecule has 1 aromatic heterocycles. The number of nitrogens with zero attached hydrogens (tertiary/aromatic N) is 2. The van der Waals surface area contributed by atoms with E-state index < -0.39 is 29.4 Å². The van der Waals surface area contributed by atoms with Gasteiger partial charge < -0.3 is 5.32 Å². The molecule has 0 saturated carbocycles. The highest BCUT2D eigenvalue weighted by atomic mass is 32.1. The molecule has 3 rings (SSSR count). The predicted molar refractivity (Wildman–Crippen MR) is 110 cm³/mol. The molecule has 0 aliphatic carbocycles. The van der Waals surface area contributed by atoms with Crippen LogP contribution in [0.1, 0.15) is 18.2 Å². The van der Waals surface area contributed by atoms with E-state index in [-0.39, 0.29) is 16.5 Å². The monoisotopic (exact) mass is 449 g/mol. The topological polar surface area (TPSA) is 62.3 Å². The van der Waals surface area contributed by atoms with Crippen LogP contribution in [0.25, 0.3) is 6.08 Å². The molecule has 0 atom stereocenters. The van der Waals surface area contributed by atoms with Crippen molar-refractivity contribution in [2.75, 3.05) is 10.2 Å². The average molecular weight is 449 g/mol. The molecule has 2 amide bonds. The number of carbonyl (C=O) groups excluding carboxylic acids is 2. The number of thiazole rings is 1. The number of carbonyl (C=O) groups is 2. The zero-order valence-electron chi connectivity index (χ0n) is 16.0. The van der Waals surface area contributed by atoms with Crippen molar-refractivity contribution in [2.45, 2.75) is 13.1 Å². The summed E-state index contributed by atoms with van der Waals surface area (Å²) in [5, 5.41) is 4.18. The predicted octanol–water partition coefficient (Wildman–Crippen LogP) is 5.64. The van der Waals surface area contributed by atoms with E-state index in [0.717, 1.165) is 34.4 Å². The third-order valence-electron chi connectivity index (χ3n) is 3.95. The number of nitrogens with one attached hydrogen (secondary N) is 1. The van der Waals surface area contributed by atoms with E-state index in [1.807, 2.05) is 0 Å². The summed E-state index contributed by atoms with van der Waals surface area (Å²) in [6.07, 6.45) is -2.00. The summed E-state index contributed by atoms with van der Waals surface area (Å²) in [7, 11) is 0. The first kappa shape index (κ1) is 22.2. The first-order valence-electron chi connectivity index (χ1n) is 8.81. The third-order valence-corrected chi connectivity index (χ3v) is 4.79. The number of alkyl halides is 3. The number of hydrogen-bond donors (Lipinski definition) is 1. The molecule has 0 aliphatic rings. The minimum Gasteiger partial charge on any atom is -0.322 e. The van der Waals surface area contributed by atoms with E-state index in [2.05, 4.69) is 10.3 Å². The van der Waals surface area contributed by atoms with Crippen molar-refractivity contribution in [1.29, 1.82) is 0 Å². The molecule has 10 heteroatoms.